The van der Waals surface area contributed by atoms with Crippen LogP contribution < -0.4 is 0 Å². The maximum atomic E-state index is 13.2. The average Bonchev–Trinajstić information content (AvgIpc) is 3.05. The molecule has 0 bridgehead atoms. The topological polar surface area (TPSA) is 17.8 Å². The zero-order chi connectivity index (χ0) is 16.7. The minimum absolute atomic E-state index is 0.259. The van der Waals surface area contributed by atoms with Crippen molar-refractivity contribution >= 4 is 42.6 Å². The fourth-order valence-corrected chi connectivity index (χ4v) is 4.44. The standard InChI is InChI=1S/C19H11Br2FN2/c20-16-11-13-3-1-2-4-15(13)17(21)18(16)24-10-9-23-19(24)12-5-7-14(22)8-6-12/h1-11H. The van der Waals surface area contributed by atoms with Crippen molar-refractivity contribution in [2.24, 2.45) is 0 Å². The molecule has 24 heavy (non-hydrogen) atoms. The van der Waals surface area contributed by atoms with E-state index in [9.17, 15) is 4.39 Å². The lowest BCUT2D eigenvalue weighted by Gasteiger charge is -2.14. The Bertz CT molecular complexity index is 1040. The van der Waals surface area contributed by atoms with Crippen molar-refractivity contribution in [1.82, 2.24) is 9.55 Å². The zero-order valence-electron chi connectivity index (χ0n) is 12.4. The van der Waals surface area contributed by atoms with Gasteiger partial charge in [-0.15, -0.1) is 0 Å². The molecule has 0 saturated carbocycles. The minimum atomic E-state index is -0.259. The lowest BCUT2D eigenvalue weighted by molar-refractivity contribution is 0.628. The molecule has 0 atom stereocenters. The normalized spacial score (nSPS) is 11.1. The Labute approximate surface area is 155 Å². The van der Waals surface area contributed by atoms with Gasteiger partial charge in [-0.05, 0) is 73.0 Å². The molecule has 0 aliphatic heterocycles. The molecule has 4 aromatic rings. The van der Waals surface area contributed by atoms with Crippen molar-refractivity contribution in [1.29, 1.82) is 0 Å². The number of hydrogen-bond acceptors (Lipinski definition) is 1. The first-order valence-electron chi connectivity index (χ1n) is 7.31. The van der Waals surface area contributed by atoms with E-state index in [1.807, 2.05) is 22.9 Å². The monoisotopic (exact) mass is 444 g/mol. The third-order valence-corrected chi connectivity index (χ3v) is 5.30. The van der Waals surface area contributed by atoms with Gasteiger partial charge in [0.25, 0.3) is 0 Å². The van der Waals surface area contributed by atoms with Crippen molar-refractivity contribution in [3.63, 3.8) is 0 Å². The summed E-state index contributed by atoms with van der Waals surface area (Å²) in [6.45, 7) is 0. The highest BCUT2D eigenvalue weighted by molar-refractivity contribution is 9.11. The van der Waals surface area contributed by atoms with Gasteiger partial charge in [-0.25, -0.2) is 9.37 Å². The molecule has 0 amide bonds. The first-order chi connectivity index (χ1) is 11.6. The summed E-state index contributed by atoms with van der Waals surface area (Å²) in [5.74, 6) is 0.497. The maximum Gasteiger partial charge on any atom is 0.144 e. The van der Waals surface area contributed by atoms with Crippen molar-refractivity contribution < 1.29 is 4.39 Å². The third kappa shape index (κ3) is 2.58. The number of imidazole rings is 1. The second-order valence-electron chi connectivity index (χ2n) is 5.37. The Kier molecular flexibility index (Phi) is 3.98. The van der Waals surface area contributed by atoms with Gasteiger partial charge in [0.1, 0.15) is 11.6 Å². The van der Waals surface area contributed by atoms with Crippen LogP contribution in [0.1, 0.15) is 0 Å². The lowest BCUT2D eigenvalue weighted by atomic mass is 10.1. The van der Waals surface area contributed by atoms with E-state index in [1.165, 1.54) is 12.1 Å². The van der Waals surface area contributed by atoms with Gasteiger partial charge < -0.3 is 0 Å². The molecule has 0 fully saturated rings. The maximum absolute atomic E-state index is 13.2. The highest BCUT2D eigenvalue weighted by atomic mass is 79.9. The molecule has 0 aliphatic carbocycles. The second kappa shape index (κ2) is 6.15. The molecule has 0 aliphatic rings. The highest BCUT2D eigenvalue weighted by Gasteiger charge is 2.16. The van der Waals surface area contributed by atoms with Gasteiger partial charge in [-0.1, -0.05) is 24.3 Å². The van der Waals surface area contributed by atoms with Gasteiger partial charge in [0.05, 0.1) is 10.2 Å². The summed E-state index contributed by atoms with van der Waals surface area (Å²) in [6.07, 6.45) is 3.64. The van der Waals surface area contributed by atoms with Gasteiger partial charge >= 0.3 is 0 Å². The van der Waals surface area contributed by atoms with Crippen molar-refractivity contribution in [3.8, 4) is 17.1 Å². The second-order valence-corrected chi connectivity index (χ2v) is 7.02. The van der Waals surface area contributed by atoms with Crippen molar-refractivity contribution in [2.45, 2.75) is 0 Å². The molecule has 5 heteroatoms. The summed E-state index contributed by atoms with van der Waals surface area (Å²) < 4.78 is 17.1. The van der Waals surface area contributed by atoms with E-state index >= 15 is 0 Å². The zero-order valence-corrected chi connectivity index (χ0v) is 15.6. The fourth-order valence-electron chi connectivity index (χ4n) is 2.78. The summed E-state index contributed by atoms with van der Waals surface area (Å²) in [4.78, 5) is 4.45. The molecule has 0 N–H and O–H groups in total. The smallest absolute Gasteiger partial charge is 0.144 e. The van der Waals surface area contributed by atoms with Crippen LogP contribution in [0.5, 0.6) is 0 Å². The molecular weight excluding hydrogens is 435 g/mol. The molecule has 0 radical (unpaired) electrons. The van der Waals surface area contributed by atoms with Crippen LogP contribution in [-0.2, 0) is 0 Å². The summed E-state index contributed by atoms with van der Waals surface area (Å²) >= 11 is 7.40. The number of fused-ring (bicyclic) bond motifs is 1. The predicted molar refractivity (Wildman–Crippen MR) is 102 cm³/mol. The molecule has 0 spiro atoms. The van der Waals surface area contributed by atoms with Crippen molar-refractivity contribution in [3.05, 3.63) is 81.8 Å². The Hall–Kier alpha value is -1.98. The van der Waals surface area contributed by atoms with E-state index in [0.717, 1.165) is 36.8 Å². The Morgan fingerprint density at radius 1 is 0.958 bits per heavy atom. The van der Waals surface area contributed by atoms with Gasteiger partial charge in [-0.2, -0.15) is 0 Å². The summed E-state index contributed by atoms with van der Waals surface area (Å²) in [7, 11) is 0. The summed E-state index contributed by atoms with van der Waals surface area (Å²) in [6, 6.07) is 16.6. The number of benzene rings is 3. The van der Waals surface area contributed by atoms with Crippen molar-refractivity contribution in [2.75, 3.05) is 0 Å². The molecule has 118 valence electrons. The van der Waals surface area contributed by atoms with Crippen LogP contribution in [0.2, 0.25) is 0 Å². The number of halogens is 3. The highest BCUT2D eigenvalue weighted by Crippen LogP contribution is 2.38. The molecule has 1 aromatic heterocycles. The van der Waals surface area contributed by atoms with Crippen LogP contribution in [0, 0.1) is 5.82 Å². The molecule has 3 aromatic carbocycles. The lowest BCUT2D eigenvalue weighted by Crippen LogP contribution is -1.99. The van der Waals surface area contributed by atoms with Crippen LogP contribution in [0.15, 0.2) is 75.9 Å². The molecule has 2 nitrogen and oxygen atoms in total. The Morgan fingerprint density at radius 2 is 1.71 bits per heavy atom. The average molecular weight is 446 g/mol. The van der Waals surface area contributed by atoms with E-state index in [2.05, 4.69) is 55.0 Å². The molecule has 0 unspecified atom stereocenters. The fraction of sp³-hybridized carbons (Fsp3) is 0. The molecule has 1 heterocycles. The quantitative estimate of drug-likeness (QED) is 0.351. The van der Waals surface area contributed by atoms with Gasteiger partial charge in [0.15, 0.2) is 0 Å². The van der Waals surface area contributed by atoms with Crippen LogP contribution in [0.3, 0.4) is 0 Å². The van der Waals surface area contributed by atoms with E-state index in [-0.39, 0.29) is 5.82 Å². The van der Waals surface area contributed by atoms with Gasteiger partial charge in [-0.3, -0.25) is 4.57 Å². The first-order valence-corrected chi connectivity index (χ1v) is 8.90. The molecule has 4 rings (SSSR count). The number of hydrogen-bond donors (Lipinski definition) is 0. The number of aromatic nitrogens is 2. The Morgan fingerprint density at radius 3 is 2.50 bits per heavy atom. The van der Waals surface area contributed by atoms with Gasteiger partial charge in [0.2, 0.25) is 0 Å². The van der Waals surface area contributed by atoms with E-state index in [4.69, 9.17) is 0 Å². The van der Waals surface area contributed by atoms with Crippen LogP contribution in [-0.4, -0.2) is 9.55 Å². The number of nitrogens with zero attached hydrogens (tertiary/aromatic N) is 2. The SMILES string of the molecule is Fc1ccc(-c2nccn2-c2c(Br)cc3ccccc3c2Br)cc1. The van der Waals surface area contributed by atoms with E-state index in [0.29, 0.717) is 0 Å². The Balaban J connectivity index is 1.96. The van der Waals surface area contributed by atoms with E-state index < -0.39 is 0 Å². The van der Waals surface area contributed by atoms with E-state index in [1.54, 1.807) is 18.3 Å². The van der Waals surface area contributed by atoms with Crippen LogP contribution in [0.4, 0.5) is 4.39 Å². The minimum Gasteiger partial charge on any atom is -0.297 e. The molecular formula is C19H11Br2FN2. The summed E-state index contributed by atoms with van der Waals surface area (Å²) in [5.41, 5.74) is 1.82. The van der Waals surface area contributed by atoms with Crippen LogP contribution >= 0.6 is 31.9 Å². The molecule has 0 saturated heterocycles. The largest absolute Gasteiger partial charge is 0.297 e. The third-order valence-electron chi connectivity index (χ3n) is 3.90. The van der Waals surface area contributed by atoms with Crippen LogP contribution in [0.25, 0.3) is 27.8 Å². The van der Waals surface area contributed by atoms with Gasteiger partial charge in [0, 0.05) is 22.4 Å². The summed E-state index contributed by atoms with van der Waals surface area (Å²) in [5, 5.41) is 2.26. The first kappa shape index (κ1) is 15.5. The number of rotatable bonds is 2. The predicted octanol–water partition coefficient (Wildman–Crippen LogP) is 6.36.